The number of rotatable bonds is 8. The highest BCUT2D eigenvalue weighted by Gasteiger charge is 2.23. The predicted molar refractivity (Wildman–Crippen MR) is 104 cm³/mol. The Balaban J connectivity index is 1.63. The SMILES string of the molecule is CC(NC(=O)c1ccc(NC(=O)c2ccccc2OCC2CC2)cc1)C(=O)O. The molecule has 0 bridgehead atoms. The number of carboxylic acid groups (broad SMARTS) is 1. The van der Waals surface area contributed by atoms with Gasteiger partial charge in [-0.3, -0.25) is 14.4 Å². The van der Waals surface area contributed by atoms with Crippen molar-refractivity contribution >= 4 is 23.5 Å². The van der Waals surface area contributed by atoms with E-state index in [2.05, 4.69) is 10.6 Å². The maximum absolute atomic E-state index is 12.6. The Morgan fingerprint density at radius 1 is 1.07 bits per heavy atom. The molecular weight excluding hydrogens is 360 g/mol. The fourth-order valence-corrected chi connectivity index (χ4v) is 2.52. The van der Waals surface area contributed by atoms with Gasteiger partial charge in [0, 0.05) is 11.3 Å². The molecule has 146 valence electrons. The number of carboxylic acids is 1. The van der Waals surface area contributed by atoms with E-state index in [9.17, 15) is 14.4 Å². The Labute approximate surface area is 162 Å². The van der Waals surface area contributed by atoms with Crippen LogP contribution in [0.25, 0.3) is 0 Å². The predicted octanol–water partition coefficient (Wildman–Crippen LogP) is 2.93. The van der Waals surface area contributed by atoms with E-state index in [1.54, 1.807) is 30.3 Å². The molecule has 3 rings (SSSR count). The van der Waals surface area contributed by atoms with Crippen LogP contribution in [0.2, 0.25) is 0 Å². The average molecular weight is 382 g/mol. The zero-order chi connectivity index (χ0) is 20.1. The van der Waals surface area contributed by atoms with Crippen molar-refractivity contribution in [2.45, 2.75) is 25.8 Å². The van der Waals surface area contributed by atoms with Gasteiger partial charge in [-0.25, -0.2) is 0 Å². The van der Waals surface area contributed by atoms with Gasteiger partial charge in [-0.05, 0) is 62.1 Å². The summed E-state index contributed by atoms with van der Waals surface area (Å²) in [6.45, 7) is 2.00. The molecule has 0 aliphatic heterocycles. The molecule has 3 N–H and O–H groups in total. The lowest BCUT2D eigenvalue weighted by Crippen LogP contribution is -2.38. The lowest BCUT2D eigenvalue weighted by atomic mass is 10.1. The summed E-state index contributed by atoms with van der Waals surface area (Å²) >= 11 is 0. The summed E-state index contributed by atoms with van der Waals surface area (Å²) < 4.78 is 5.77. The van der Waals surface area contributed by atoms with E-state index in [0.717, 1.165) is 0 Å². The smallest absolute Gasteiger partial charge is 0.325 e. The zero-order valence-corrected chi connectivity index (χ0v) is 15.5. The molecule has 0 saturated heterocycles. The molecule has 28 heavy (non-hydrogen) atoms. The van der Waals surface area contributed by atoms with Crippen LogP contribution in [0, 0.1) is 5.92 Å². The van der Waals surface area contributed by atoms with Gasteiger partial charge in [-0.1, -0.05) is 12.1 Å². The third-order valence-corrected chi connectivity index (χ3v) is 4.43. The van der Waals surface area contributed by atoms with E-state index in [1.165, 1.54) is 31.9 Å². The second kappa shape index (κ2) is 8.56. The molecule has 1 unspecified atom stereocenters. The zero-order valence-electron chi connectivity index (χ0n) is 15.5. The molecule has 0 spiro atoms. The fourth-order valence-electron chi connectivity index (χ4n) is 2.52. The number of ether oxygens (including phenoxy) is 1. The van der Waals surface area contributed by atoms with E-state index < -0.39 is 17.9 Å². The number of carbonyl (C=O) groups is 3. The number of hydrogen-bond acceptors (Lipinski definition) is 4. The van der Waals surface area contributed by atoms with Crippen LogP contribution < -0.4 is 15.4 Å². The highest BCUT2D eigenvalue weighted by molar-refractivity contribution is 6.06. The summed E-state index contributed by atoms with van der Waals surface area (Å²) in [5.41, 5.74) is 1.27. The number of benzene rings is 2. The van der Waals surface area contributed by atoms with Crippen molar-refractivity contribution in [3.05, 3.63) is 59.7 Å². The summed E-state index contributed by atoms with van der Waals surface area (Å²) in [5, 5.41) is 14.0. The normalized spacial score (nSPS) is 14.0. The number of para-hydroxylation sites is 1. The Morgan fingerprint density at radius 3 is 2.39 bits per heavy atom. The molecule has 2 amide bonds. The molecule has 7 heteroatoms. The van der Waals surface area contributed by atoms with E-state index in [0.29, 0.717) is 35.1 Å². The van der Waals surface area contributed by atoms with Crippen LogP contribution >= 0.6 is 0 Å². The number of aliphatic carboxylic acids is 1. The Kier molecular flexibility index (Phi) is 5.93. The Bertz CT molecular complexity index is 875. The molecule has 0 radical (unpaired) electrons. The molecule has 1 aliphatic carbocycles. The first-order chi connectivity index (χ1) is 13.4. The van der Waals surface area contributed by atoms with Crippen LogP contribution in [0.1, 0.15) is 40.5 Å². The van der Waals surface area contributed by atoms with Gasteiger partial charge in [0.25, 0.3) is 11.8 Å². The van der Waals surface area contributed by atoms with Crippen LogP contribution in [-0.4, -0.2) is 35.5 Å². The van der Waals surface area contributed by atoms with Crippen LogP contribution in [0.4, 0.5) is 5.69 Å². The van der Waals surface area contributed by atoms with Crippen molar-refractivity contribution in [3.8, 4) is 5.75 Å². The van der Waals surface area contributed by atoms with Gasteiger partial charge in [0.1, 0.15) is 11.8 Å². The van der Waals surface area contributed by atoms with Gasteiger partial charge < -0.3 is 20.5 Å². The minimum atomic E-state index is -1.11. The highest BCUT2D eigenvalue weighted by atomic mass is 16.5. The molecule has 1 atom stereocenters. The van der Waals surface area contributed by atoms with Crippen molar-refractivity contribution in [2.75, 3.05) is 11.9 Å². The van der Waals surface area contributed by atoms with E-state index in [-0.39, 0.29) is 5.91 Å². The third kappa shape index (κ3) is 5.09. The molecule has 1 aliphatic rings. The van der Waals surface area contributed by atoms with Gasteiger partial charge in [-0.15, -0.1) is 0 Å². The van der Waals surface area contributed by atoms with E-state index >= 15 is 0 Å². The molecule has 2 aromatic carbocycles. The number of carbonyl (C=O) groups excluding carboxylic acids is 2. The largest absolute Gasteiger partial charge is 0.492 e. The quantitative estimate of drug-likeness (QED) is 0.651. The maximum atomic E-state index is 12.6. The highest BCUT2D eigenvalue weighted by Crippen LogP contribution is 2.30. The molecule has 0 aromatic heterocycles. The van der Waals surface area contributed by atoms with E-state index in [1.807, 2.05) is 6.07 Å². The van der Waals surface area contributed by atoms with Crippen LogP contribution in [-0.2, 0) is 4.79 Å². The molecular formula is C21H22N2O5. The first-order valence-electron chi connectivity index (χ1n) is 9.11. The van der Waals surface area contributed by atoms with Crippen LogP contribution in [0.3, 0.4) is 0 Å². The van der Waals surface area contributed by atoms with Crippen molar-refractivity contribution in [2.24, 2.45) is 5.92 Å². The number of nitrogens with one attached hydrogen (secondary N) is 2. The van der Waals surface area contributed by atoms with Crippen molar-refractivity contribution in [1.82, 2.24) is 5.32 Å². The van der Waals surface area contributed by atoms with Crippen LogP contribution in [0.5, 0.6) is 5.75 Å². The second-order valence-electron chi connectivity index (χ2n) is 6.82. The average Bonchev–Trinajstić information content (AvgIpc) is 3.51. The fraction of sp³-hybridized carbons (Fsp3) is 0.286. The second-order valence-corrected chi connectivity index (χ2v) is 6.82. The number of anilines is 1. The van der Waals surface area contributed by atoms with Gasteiger partial charge in [0.15, 0.2) is 0 Å². The Morgan fingerprint density at radius 2 is 1.75 bits per heavy atom. The maximum Gasteiger partial charge on any atom is 0.325 e. The minimum absolute atomic E-state index is 0.303. The molecule has 1 fully saturated rings. The van der Waals surface area contributed by atoms with Crippen molar-refractivity contribution in [1.29, 1.82) is 0 Å². The van der Waals surface area contributed by atoms with Crippen molar-refractivity contribution < 1.29 is 24.2 Å². The summed E-state index contributed by atoms with van der Waals surface area (Å²) in [4.78, 5) is 35.4. The molecule has 7 nitrogen and oxygen atoms in total. The molecule has 1 saturated carbocycles. The van der Waals surface area contributed by atoms with Crippen LogP contribution in [0.15, 0.2) is 48.5 Å². The standard InChI is InChI=1S/C21H22N2O5/c1-13(21(26)27)22-19(24)15-8-10-16(11-9-15)23-20(25)17-4-2-3-5-18(17)28-12-14-6-7-14/h2-5,8-11,13-14H,6-7,12H2,1H3,(H,22,24)(H,23,25)(H,26,27). The molecule has 0 heterocycles. The summed E-state index contributed by atoms with van der Waals surface area (Å²) in [6, 6.07) is 12.3. The lowest BCUT2D eigenvalue weighted by molar-refractivity contribution is -0.138. The van der Waals surface area contributed by atoms with Gasteiger partial charge in [0.2, 0.25) is 0 Å². The van der Waals surface area contributed by atoms with E-state index in [4.69, 9.17) is 9.84 Å². The third-order valence-electron chi connectivity index (χ3n) is 4.43. The first-order valence-corrected chi connectivity index (χ1v) is 9.11. The minimum Gasteiger partial charge on any atom is -0.492 e. The lowest BCUT2D eigenvalue weighted by Gasteiger charge is -2.12. The van der Waals surface area contributed by atoms with Gasteiger partial charge in [0.05, 0.1) is 12.2 Å². The topological polar surface area (TPSA) is 105 Å². The van der Waals surface area contributed by atoms with Gasteiger partial charge >= 0.3 is 5.97 Å². The first kappa shape index (κ1) is 19.4. The summed E-state index contributed by atoms with van der Waals surface area (Å²) in [7, 11) is 0. The summed E-state index contributed by atoms with van der Waals surface area (Å²) in [6.07, 6.45) is 2.33. The molecule has 2 aromatic rings. The van der Waals surface area contributed by atoms with Crippen molar-refractivity contribution in [3.63, 3.8) is 0 Å². The number of amides is 2. The number of hydrogen-bond donors (Lipinski definition) is 3. The monoisotopic (exact) mass is 382 g/mol. The Hall–Kier alpha value is -3.35. The van der Waals surface area contributed by atoms with Gasteiger partial charge in [-0.2, -0.15) is 0 Å². The summed E-state index contributed by atoms with van der Waals surface area (Å²) in [5.74, 6) is -0.779.